The Morgan fingerprint density at radius 1 is 1.03 bits per heavy atom. The summed E-state index contributed by atoms with van der Waals surface area (Å²) in [4.78, 5) is 23.4. The molecule has 166 valence electrons. The average molecular weight is 409 g/mol. The Kier molecular flexibility index (Phi) is 10.3. The number of nitrogens with one attached hydrogen (secondary N) is 2. The lowest BCUT2D eigenvalue weighted by molar-refractivity contribution is -0.138. The van der Waals surface area contributed by atoms with Crippen molar-refractivity contribution in [3.05, 3.63) is 24.0 Å². The van der Waals surface area contributed by atoms with Crippen molar-refractivity contribution in [3.8, 4) is 0 Å². The molecule has 2 atom stereocenters. The second-order valence-corrected chi connectivity index (χ2v) is 9.03. The minimum atomic E-state index is -0.326. The fourth-order valence-corrected chi connectivity index (χ4v) is 4.46. The van der Waals surface area contributed by atoms with Gasteiger partial charge in [-0.15, -0.1) is 0 Å². The maximum atomic E-state index is 11.8. The molecule has 0 heterocycles. The van der Waals surface area contributed by atoms with Gasteiger partial charge < -0.3 is 20.1 Å². The minimum Gasteiger partial charge on any atom is -0.463 e. The lowest BCUT2D eigenvalue weighted by atomic mass is 9.62. The van der Waals surface area contributed by atoms with Crippen LogP contribution >= 0.6 is 0 Å². The van der Waals surface area contributed by atoms with Crippen molar-refractivity contribution < 1.29 is 19.1 Å². The molecule has 2 N–H and O–H groups in total. The Morgan fingerprint density at radius 3 is 2.31 bits per heavy atom. The van der Waals surface area contributed by atoms with Crippen LogP contribution in [0.15, 0.2) is 24.0 Å². The third-order valence-corrected chi connectivity index (χ3v) is 5.12. The van der Waals surface area contributed by atoms with Crippen LogP contribution < -0.4 is 10.6 Å². The number of carbonyl (C=O) groups is 2. The maximum absolute atomic E-state index is 11.8. The molecule has 29 heavy (non-hydrogen) atoms. The summed E-state index contributed by atoms with van der Waals surface area (Å²) >= 11 is 0. The molecular formula is C23H40N2O4. The summed E-state index contributed by atoms with van der Waals surface area (Å²) in [7, 11) is 0. The van der Waals surface area contributed by atoms with E-state index in [0.717, 1.165) is 44.3 Å². The SMILES string of the molecule is CCC/C(=C/C(=O)OCC)NCC1(C)CC(N/C=C\C(=O)OCC)CC(C)(C)C1. The van der Waals surface area contributed by atoms with E-state index in [-0.39, 0.29) is 28.8 Å². The molecule has 0 aromatic carbocycles. The highest BCUT2D eigenvalue weighted by molar-refractivity contribution is 5.82. The normalized spacial score (nSPS) is 24.2. The third-order valence-electron chi connectivity index (χ3n) is 5.12. The Bertz CT molecular complexity index is 598. The van der Waals surface area contributed by atoms with Crippen LogP contribution in [0.25, 0.3) is 0 Å². The van der Waals surface area contributed by atoms with E-state index in [0.29, 0.717) is 13.2 Å². The smallest absolute Gasteiger partial charge is 0.332 e. The molecule has 0 spiro atoms. The van der Waals surface area contributed by atoms with Crippen molar-refractivity contribution in [2.45, 2.75) is 79.7 Å². The minimum absolute atomic E-state index is 0.0681. The zero-order valence-corrected chi connectivity index (χ0v) is 19.1. The molecule has 1 aliphatic rings. The Balaban J connectivity index is 2.76. The number of carbonyl (C=O) groups excluding carboxylic acids is 2. The number of allylic oxidation sites excluding steroid dienone is 1. The Labute approximate surface area is 176 Å². The van der Waals surface area contributed by atoms with E-state index in [2.05, 4.69) is 38.3 Å². The van der Waals surface area contributed by atoms with Gasteiger partial charge in [-0.05, 0) is 50.4 Å². The van der Waals surface area contributed by atoms with Crippen molar-refractivity contribution in [3.63, 3.8) is 0 Å². The molecule has 1 rings (SSSR count). The van der Waals surface area contributed by atoms with Gasteiger partial charge >= 0.3 is 11.9 Å². The predicted molar refractivity (Wildman–Crippen MR) is 116 cm³/mol. The van der Waals surface area contributed by atoms with Gasteiger partial charge in [0.05, 0.1) is 13.2 Å². The molecule has 0 saturated heterocycles. The molecule has 1 saturated carbocycles. The summed E-state index contributed by atoms with van der Waals surface area (Å²) in [6, 6.07) is 0.278. The van der Waals surface area contributed by atoms with Gasteiger partial charge in [-0.1, -0.05) is 34.1 Å². The van der Waals surface area contributed by atoms with Crippen LogP contribution in [0.5, 0.6) is 0 Å². The lowest BCUT2D eigenvalue weighted by Gasteiger charge is -2.47. The van der Waals surface area contributed by atoms with Gasteiger partial charge in [0.2, 0.25) is 0 Å². The maximum Gasteiger partial charge on any atom is 0.332 e. The predicted octanol–water partition coefficient (Wildman–Crippen LogP) is 4.07. The zero-order chi connectivity index (χ0) is 21.9. The first-order chi connectivity index (χ1) is 13.6. The van der Waals surface area contributed by atoms with Crippen LogP contribution in [0.4, 0.5) is 0 Å². The summed E-state index contributed by atoms with van der Waals surface area (Å²) in [5, 5.41) is 6.90. The fraction of sp³-hybridized carbons (Fsp3) is 0.739. The van der Waals surface area contributed by atoms with Crippen LogP contribution in [0.1, 0.15) is 73.6 Å². The molecule has 0 aromatic rings. The standard InChI is InChI=1S/C23H40N2O4/c1-7-10-18(13-21(27)29-9-3)25-17-23(6)15-19(14-22(4,5)16-23)24-12-11-20(26)28-8-2/h11-13,19,24-25H,7-10,14-17H2,1-6H3/b12-11-,18-13-. The second kappa shape index (κ2) is 11.9. The lowest BCUT2D eigenvalue weighted by Crippen LogP contribution is -2.47. The fourth-order valence-electron chi connectivity index (χ4n) is 4.46. The molecule has 0 radical (unpaired) electrons. The van der Waals surface area contributed by atoms with E-state index in [9.17, 15) is 9.59 Å². The van der Waals surface area contributed by atoms with Crippen molar-refractivity contribution in [2.75, 3.05) is 19.8 Å². The molecule has 1 aliphatic carbocycles. The zero-order valence-electron chi connectivity index (χ0n) is 19.1. The summed E-state index contributed by atoms with van der Waals surface area (Å²) in [6.07, 6.45) is 9.63. The Morgan fingerprint density at radius 2 is 1.69 bits per heavy atom. The number of hydrogen-bond donors (Lipinski definition) is 2. The van der Waals surface area contributed by atoms with E-state index >= 15 is 0 Å². The number of ether oxygens (including phenoxy) is 2. The summed E-state index contributed by atoms with van der Waals surface area (Å²) in [5.74, 6) is -0.617. The van der Waals surface area contributed by atoms with Crippen LogP contribution in [-0.2, 0) is 19.1 Å². The first-order valence-corrected chi connectivity index (χ1v) is 10.8. The molecule has 0 aliphatic heterocycles. The van der Waals surface area contributed by atoms with Gasteiger partial charge in [0.25, 0.3) is 0 Å². The highest BCUT2D eigenvalue weighted by Gasteiger charge is 2.40. The topological polar surface area (TPSA) is 76.7 Å². The highest BCUT2D eigenvalue weighted by Crippen LogP contribution is 2.45. The molecular weight excluding hydrogens is 368 g/mol. The van der Waals surface area contributed by atoms with E-state index in [1.165, 1.54) is 6.08 Å². The van der Waals surface area contributed by atoms with Gasteiger partial charge in [0.15, 0.2) is 0 Å². The third kappa shape index (κ3) is 9.86. The number of rotatable bonds is 11. The summed E-state index contributed by atoms with van der Waals surface area (Å²) in [6.45, 7) is 14.1. The van der Waals surface area contributed by atoms with E-state index in [1.807, 2.05) is 6.92 Å². The van der Waals surface area contributed by atoms with E-state index in [4.69, 9.17) is 9.47 Å². The Hall–Kier alpha value is -1.98. The molecule has 1 fully saturated rings. The molecule has 0 aromatic heterocycles. The average Bonchev–Trinajstić information content (AvgIpc) is 2.59. The second-order valence-electron chi connectivity index (χ2n) is 9.03. The van der Waals surface area contributed by atoms with Gasteiger partial charge in [-0.3, -0.25) is 0 Å². The molecule has 6 heteroatoms. The van der Waals surface area contributed by atoms with Gasteiger partial charge in [0, 0.05) is 36.6 Å². The van der Waals surface area contributed by atoms with E-state index < -0.39 is 0 Å². The summed E-state index contributed by atoms with van der Waals surface area (Å²) in [5.41, 5.74) is 1.18. The number of esters is 2. The van der Waals surface area contributed by atoms with Crippen LogP contribution in [-0.4, -0.2) is 37.7 Å². The van der Waals surface area contributed by atoms with Gasteiger partial charge in [-0.25, -0.2) is 9.59 Å². The molecule has 2 unspecified atom stereocenters. The highest BCUT2D eigenvalue weighted by atomic mass is 16.5. The van der Waals surface area contributed by atoms with Crippen LogP contribution in [0.3, 0.4) is 0 Å². The summed E-state index contributed by atoms with van der Waals surface area (Å²) < 4.78 is 9.99. The van der Waals surface area contributed by atoms with Crippen LogP contribution in [0.2, 0.25) is 0 Å². The first-order valence-electron chi connectivity index (χ1n) is 10.8. The van der Waals surface area contributed by atoms with Crippen molar-refractivity contribution in [2.24, 2.45) is 10.8 Å². The van der Waals surface area contributed by atoms with Gasteiger partial charge in [0.1, 0.15) is 0 Å². The van der Waals surface area contributed by atoms with Crippen molar-refractivity contribution in [1.82, 2.24) is 10.6 Å². The number of hydrogen-bond acceptors (Lipinski definition) is 6. The monoisotopic (exact) mass is 408 g/mol. The molecule has 6 nitrogen and oxygen atoms in total. The quantitative estimate of drug-likeness (QED) is 0.396. The van der Waals surface area contributed by atoms with Crippen molar-refractivity contribution >= 4 is 11.9 Å². The van der Waals surface area contributed by atoms with Crippen molar-refractivity contribution in [1.29, 1.82) is 0 Å². The van der Waals surface area contributed by atoms with Crippen LogP contribution in [0, 0.1) is 10.8 Å². The van der Waals surface area contributed by atoms with Gasteiger partial charge in [-0.2, -0.15) is 0 Å². The molecule has 0 bridgehead atoms. The largest absolute Gasteiger partial charge is 0.463 e. The van der Waals surface area contributed by atoms with E-state index in [1.54, 1.807) is 19.2 Å². The molecule has 0 amide bonds. The first kappa shape index (κ1) is 25.1.